The minimum absolute atomic E-state index is 0.320. The van der Waals surface area contributed by atoms with Crippen LogP contribution in [0.2, 0.25) is 0 Å². The van der Waals surface area contributed by atoms with Gasteiger partial charge in [-0.15, -0.1) is 11.8 Å². The van der Waals surface area contributed by atoms with Crippen LogP contribution in [-0.4, -0.2) is 17.7 Å². The quantitative estimate of drug-likeness (QED) is 0.299. The molecule has 0 aliphatic carbocycles. The molecule has 0 aromatic heterocycles. The average Bonchev–Trinajstić information content (AvgIpc) is 2.11. The Morgan fingerprint density at radius 1 is 1.62 bits per heavy atom. The Kier molecular flexibility index (Phi) is 3.98. The maximum Gasteiger partial charge on any atom is 0.134 e. The lowest BCUT2D eigenvalue weighted by molar-refractivity contribution is 0.321. The largest absolute Gasteiger partial charge is 0.411 e. The van der Waals surface area contributed by atoms with Crippen molar-refractivity contribution in [2.45, 2.75) is 4.90 Å². The lowest BCUT2D eigenvalue weighted by Gasteiger charge is -2.02. The number of hydrogen-bond donors (Lipinski definition) is 1. The van der Waals surface area contributed by atoms with Crippen molar-refractivity contribution in [1.29, 1.82) is 0 Å². The van der Waals surface area contributed by atoms with Crippen molar-refractivity contribution in [3.8, 4) is 0 Å². The first-order valence-electron chi connectivity index (χ1n) is 3.39. The van der Waals surface area contributed by atoms with E-state index < -0.39 is 0 Å². The van der Waals surface area contributed by atoms with Crippen LogP contribution in [-0.2, 0) is 0 Å². The third-order valence-electron chi connectivity index (χ3n) is 1.48. The van der Waals surface area contributed by atoms with E-state index in [1.807, 2.05) is 34.9 Å². The van der Waals surface area contributed by atoms with Crippen molar-refractivity contribution in [2.24, 2.45) is 5.16 Å². The molecule has 0 radical (unpaired) electrons. The Labute approximate surface area is 93.4 Å². The summed E-state index contributed by atoms with van der Waals surface area (Å²) >= 11 is 3.47. The van der Waals surface area contributed by atoms with E-state index in [0.717, 1.165) is 14.7 Å². The number of oxime groups is 1. The van der Waals surface area contributed by atoms with Crippen molar-refractivity contribution in [3.63, 3.8) is 0 Å². The Hall–Kier alpha value is -0.300. The topological polar surface area (TPSA) is 32.6 Å². The highest BCUT2D eigenvalue weighted by Gasteiger charge is 2.06. The molecule has 0 amide bonds. The predicted molar refractivity (Wildman–Crippen MR) is 60.3 cm³/mol. The second-order valence-corrected chi connectivity index (χ2v) is 4.29. The van der Waals surface area contributed by atoms with Gasteiger partial charge in [0.1, 0.15) is 5.82 Å². The van der Waals surface area contributed by atoms with Crippen LogP contribution in [0.3, 0.4) is 0 Å². The zero-order valence-electron chi connectivity index (χ0n) is 6.79. The van der Waals surface area contributed by atoms with Crippen molar-refractivity contribution >= 4 is 40.6 Å². The van der Waals surface area contributed by atoms with E-state index in [-0.39, 0.29) is 5.82 Å². The molecule has 0 aliphatic heterocycles. The minimum Gasteiger partial charge on any atom is -0.411 e. The van der Waals surface area contributed by atoms with Gasteiger partial charge in [-0.25, -0.2) is 4.39 Å². The van der Waals surface area contributed by atoms with Crippen LogP contribution in [0.15, 0.2) is 22.2 Å². The zero-order valence-corrected chi connectivity index (χ0v) is 9.76. The van der Waals surface area contributed by atoms with E-state index in [9.17, 15) is 4.39 Å². The van der Waals surface area contributed by atoms with Gasteiger partial charge in [0.2, 0.25) is 0 Å². The molecule has 0 aliphatic rings. The summed E-state index contributed by atoms with van der Waals surface area (Å²) in [6.45, 7) is 0. The molecule has 0 saturated carbocycles. The first-order valence-corrected chi connectivity index (χ1v) is 5.70. The van der Waals surface area contributed by atoms with E-state index >= 15 is 0 Å². The van der Waals surface area contributed by atoms with Gasteiger partial charge in [-0.1, -0.05) is 5.16 Å². The zero-order chi connectivity index (χ0) is 9.84. The molecular formula is C8H7FINOS. The third kappa shape index (κ3) is 2.57. The van der Waals surface area contributed by atoms with Crippen LogP contribution in [0.25, 0.3) is 0 Å². The molecule has 0 unspecified atom stereocenters. The highest BCUT2D eigenvalue weighted by atomic mass is 127. The van der Waals surface area contributed by atoms with E-state index in [4.69, 9.17) is 5.21 Å². The van der Waals surface area contributed by atoms with Crippen LogP contribution in [0.4, 0.5) is 4.39 Å². The summed E-state index contributed by atoms with van der Waals surface area (Å²) in [5.41, 5.74) is 0.320. The van der Waals surface area contributed by atoms with Crippen molar-refractivity contribution in [1.82, 2.24) is 0 Å². The molecule has 0 spiro atoms. The Morgan fingerprint density at radius 3 is 2.77 bits per heavy atom. The lowest BCUT2D eigenvalue weighted by Crippen LogP contribution is -1.93. The van der Waals surface area contributed by atoms with E-state index in [1.54, 1.807) is 0 Å². The summed E-state index contributed by atoms with van der Waals surface area (Å²) in [4.78, 5) is 0.858. The summed E-state index contributed by atoms with van der Waals surface area (Å²) in [6, 6.07) is 3.26. The maximum atomic E-state index is 13.3. The molecule has 0 fully saturated rings. The third-order valence-corrected chi connectivity index (χ3v) is 3.07. The first-order chi connectivity index (χ1) is 6.19. The smallest absolute Gasteiger partial charge is 0.134 e. The van der Waals surface area contributed by atoms with Gasteiger partial charge in [0.15, 0.2) is 0 Å². The number of hydrogen-bond acceptors (Lipinski definition) is 3. The Morgan fingerprint density at radius 2 is 2.31 bits per heavy atom. The molecule has 70 valence electrons. The molecular weight excluding hydrogens is 304 g/mol. The molecule has 1 rings (SSSR count). The number of nitrogens with zero attached hydrogens (tertiary/aromatic N) is 1. The van der Waals surface area contributed by atoms with E-state index in [0.29, 0.717) is 5.56 Å². The fraction of sp³-hybridized carbons (Fsp3) is 0.125. The van der Waals surface area contributed by atoms with Gasteiger partial charge in [0, 0.05) is 14.0 Å². The normalized spacial score (nSPS) is 11.0. The fourth-order valence-electron chi connectivity index (χ4n) is 0.860. The van der Waals surface area contributed by atoms with Crippen molar-refractivity contribution in [3.05, 3.63) is 27.1 Å². The monoisotopic (exact) mass is 311 g/mol. The van der Waals surface area contributed by atoms with Crippen LogP contribution in [0.1, 0.15) is 5.56 Å². The number of thioether (sulfide) groups is 1. The standard InChI is InChI=1S/C8H7FINOS/c1-13-5-2-7(9)6(4-11-12)8(10)3-5/h2-4,12H,1H3/b11-4-. The molecule has 0 saturated heterocycles. The predicted octanol–water partition coefficient (Wildman–Crippen LogP) is 2.96. The van der Waals surface area contributed by atoms with E-state index in [1.165, 1.54) is 17.8 Å². The molecule has 1 aromatic carbocycles. The highest BCUT2D eigenvalue weighted by molar-refractivity contribution is 14.1. The molecule has 1 N–H and O–H groups in total. The number of benzene rings is 1. The SMILES string of the molecule is CSc1cc(F)c(/C=N\O)c(I)c1. The maximum absolute atomic E-state index is 13.3. The summed E-state index contributed by atoms with van der Waals surface area (Å²) in [5, 5.41) is 11.1. The van der Waals surface area contributed by atoms with Gasteiger partial charge >= 0.3 is 0 Å². The highest BCUT2D eigenvalue weighted by Crippen LogP contribution is 2.22. The van der Waals surface area contributed by atoms with Gasteiger partial charge in [0.05, 0.1) is 6.21 Å². The Bertz CT molecular complexity index is 320. The minimum atomic E-state index is -0.367. The fourth-order valence-corrected chi connectivity index (χ4v) is 2.26. The molecule has 0 bridgehead atoms. The van der Waals surface area contributed by atoms with Gasteiger partial charge in [-0.2, -0.15) is 0 Å². The first kappa shape index (κ1) is 10.8. The number of halogens is 2. The van der Waals surface area contributed by atoms with Crippen LogP contribution in [0.5, 0.6) is 0 Å². The molecule has 0 heterocycles. The van der Waals surface area contributed by atoms with Crippen LogP contribution >= 0.6 is 34.4 Å². The number of rotatable bonds is 2. The molecule has 1 aromatic rings. The summed E-state index contributed by atoms with van der Waals surface area (Å²) in [5.74, 6) is -0.367. The lowest BCUT2D eigenvalue weighted by atomic mass is 10.2. The summed E-state index contributed by atoms with van der Waals surface area (Å²) < 4.78 is 14.0. The second-order valence-electron chi connectivity index (χ2n) is 2.25. The molecule has 13 heavy (non-hydrogen) atoms. The second kappa shape index (κ2) is 4.80. The molecule has 5 heteroatoms. The Balaban J connectivity index is 3.22. The molecule has 0 atom stereocenters. The van der Waals surface area contributed by atoms with Crippen molar-refractivity contribution < 1.29 is 9.60 Å². The summed E-state index contributed by atoms with van der Waals surface area (Å²) in [7, 11) is 0. The van der Waals surface area contributed by atoms with Crippen molar-refractivity contribution in [2.75, 3.05) is 6.26 Å². The average molecular weight is 311 g/mol. The van der Waals surface area contributed by atoms with Gasteiger partial charge in [0.25, 0.3) is 0 Å². The van der Waals surface area contributed by atoms with Crippen LogP contribution in [0, 0.1) is 9.39 Å². The van der Waals surface area contributed by atoms with E-state index in [2.05, 4.69) is 5.16 Å². The van der Waals surface area contributed by atoms with Crippen LogP contribution < -0.4 is 0 Å². The van der Waals surface area contributed by atoms with Gasteiger partial charge in [-0.05, 0) is 41.0 Å². The molecule has 2 nitrogen and oxygen atoms in total. The van der Waals surface area contributed by atoms with Gasteiger partial charge < -0.3 is 5.21 Å². The summed E-state index contributed by atoms with van der Waals surface area (Å²) in [6.07, 6.45) is 2.98. The van der Waals surface area contributed by atoms with Gasteiger partial charge in [-0.3, -0.25) is 0 Å².